The lowest BCUT2D eigenvalue weighted by Gasteiger charge is -2.09. The molecule has 3 nitrogen and oxygen atoms in total. The van der Waals surface area contributed by atoms with Gasteiger partial charge in [0.1, 0.15) is 11.6 Å². The first-order valence-electron chi connectivity index (χ1n) is 8.19. The maximum Gasteiger partial charge on any atom is 0.254 e. The van der Waals surface area contributed by atoms with Crippen molar-refractivity contribution in [2.75, 3.05) is 6.54 Å². The van der Waals surface area contributed by atoms with Gasteiger partial charge in [-0.15, -0.1) is 0 Å². The third kappa shape index (κ3) is 3.14. The van der Waals surface area contributed by atoms with Gasteiger partial charge in [-0.25, -0.2) is 8.78 Å². The lowest BCUT2D eigenvalue weighted by molar-refractivity contribution is 0.0949. The van der Waals surface area contributed by atoms with Crippen LogP contribution in [0.5, 0.6) is 0 Å². The number of rotatable bonds is 4. The van der Waals surface area contributed by atoms with Crippen LogP contribution in [0.15, 0.2) is 30.3 Å². The molecule has 2 aromatic carbocycles. The van der Waals surface area contributed by atoms with Crippen molar-refractivity contribution in [1.82, 2.24) is 10.3 Å². The molecule has 0 fully saturated rings. The first-order valence-corrected chi connectivity index (χ1v) is 8.19. The van der Waals surface area contributed by atoms with E-state index < -0.39 is 11.7 Å². The van der Waals surface area contributed by atoms with Crippen LogP contribution in [0.1, 0.15) is 32.7 Å². The van der Waals surface area contributed by atoms with Crippen LogP contribution in [0.25, 0.3) is 10.9 Å². The predicted octanol–water partition coefficient (Wildman–Crippen LogP) is 4.34. The molecule has 0 atom stereocenters. The molecule has 25 heavy (non-hydrogen) atoms. The van der Waals surface area contributed by atoms with Gasteiger partial charge < -0.3 is 10.3 Å². The summed E-state index contributed by atoms with van der Waals surface area (Å²) in [6, 6.07) is 7.75. The number of nitrogens with one attached hydrogen (secondary N) is 2. The molecule has 0 saturated carbocycles. The van der Waals surface area contributed by atoms with Crippen molar-refractivity contribution in [2.45, 2.75) is 27.2 Å². The Bertz CT molecular complexity index is 940. The molecule has 1 aromatic heterocycles. The number of benzene rings is 2. The Labute approximate surface area is 145 Å². The summed E-state index contributed by atoms with van der Waals surface area (Å²) in [7, 11) is 0. The van der Waals surface area contributed by atoms with Crippen LogP contribution in [0.2, 0.25) is 0 Å². The molecule has 0 saturated heterocycles. The zero-order valence-corrected chi connectivity index (χ0v) is 14.5. The number of hydrogen-bond donors (Lipinski definition) is 2. The largest absolute Gasteiger partial charge is 0.356 e. The van der Waals surface area contributed by atoms with Crippen LogP contribution in [0, 0.1) is 32.4 Å². The summed E-state index contributed by atoms with van der Waals surface area (Å²) in [6.45, 7) is 5.86. The molecule has 0 aliphatic rings. The average molecular weight is 342 g/mol. The van der Waals surface area contributed by atoms with Gasteiger partial charge in [-0.3, -0.25) is 4.79 Å². The SMILES string of the molecule is Cc1cccc(F)c1C(=O)NCCc1c(C)[nH]c2c(F)ccc(C)c12. The van der Waals surface area contributed by atoms with Gasteiger partial charge in [-0.1, -0.05) is 18.2 Å². The molecule has 130 valence electrons. The number of halogens is 2. The third-order valence-electron chi connectivity index (χ3n) is 4.54. The molecule has 2 N–H and O–H groups in total. The van der Waals surface area contributed by atoms with Crippen LogP contribution in [0.4, 0.5) is 8.78 Å². The van der Waals surface area contributed by atoms with E-state index in [0.29, 0.717) is 24.0 Å². The molecule has 0 spiro atoms. The first kappa shape index (κ1) is 17.1. The van der Waals surface area contributed by atoms with E-state index in [-0.39, 0.29) is 11.4 Å². The number of carbonyl (C=O) groups excluding carboxylic acids is 1. The molecule has 0 unspecified atom stereocenters. The van der Waals surface area contributed by atoms with Crippen LogP contribution in [-0.4, -0.2) is 17.4 Å². The van der Waals surface area contributed by atoms with E-state index in [9.17, 15) is 13.6 Å². The van der Waals surface area contributed by atoms with Crippen LogP contribution in [0.3, 0.4) is 0 Å². The van der Waals surface area contributed by atoms with Gasteiger partial charge in [-0.2, -0.15) is 0 Å². The van der Waals surface area contributed by atoms with E-state index in [0.717, 1.165) is 22.2 Å². The third-order valence-corrected chi connectivity index (χ3v) is 4.54. The molecule has 0 bridgehead atoms. The minimum Gasteiger partial charge on any atom is -0.356 e. The van der Waals surface area contributed by atoms with Gasteiger partial charge in [0.25, 0.3) is 5.91 Å². The Morgan fingerprint density at radius 1 is 1.04 bits per heavy atom. The fourth-order valence-corrected chi connectivity index (χ4v) is 3.26. The highest BCUT2D eigenvalue weighted by atomic mass is 19.1. The lowest BCUT2D eigenvalue weighted by Crippen LogP contribution is -2.27. The fourth-order valence-electron chi connectivity index (χ4n) is 3.26. The topological polar surface area (TPSA) is 44.9 Å². The highest BCUT2D eigenvalue weighted by Gasteiger charge is 2.16. The van der Waals surface area contributed by atoms with E-state index in [1.54, 1.807) is 25.1 Å². The predicted molar refractivity (Wildman–Crippen MR) is 94.9 cm³/mol. The van der Waals surface area contributed by atoms with Crippen molar-refractivity contribution in [3.05, 3.63) is 69.9 Å². The number of aromatic amines is 1. The quantitative estimate of drug-likeness (QED) is 0.728. The zero-order valence-electron chi connectivity index (χ0n) is 14.5. The molecule has 1 heterocycles. The Hall–Kier alpha value is -2.69. The fraction of sp³-hybridized carbons (Fsp3) is 0.250. The lowest BCUT2D eigenvalue weighted by atomic mass is 10.0. The maximum atomic E-state index is 14.0. The molecular formula is C20H20F2N2O. The number of aryl methyl sites for hydroxylation is 3. The summed E-state index contributed by atoms with van der Waals surface area (Å²) < 4.78 is 27.8. The molecule has 0 aliphatic carbocycles. The molecular weight excluding hydrogens is 322 g/mol. The maximum absolute atomic E-state index is 14.0. The van der Waals surface area contributed by atoms with E-state index in [2.05, 4.69) is 10.3 Å². The van der Waals surface area contributed by atoms with Gasteiger partial charge in [0.05, 0.1) is 11.1 Å². The van der Waals surface area contributed by atoms with Crippen molar-refractivity contribution in [3.63, 3.8) is 0 Å². The number of fused-ring (bicyclic) bond motifs is 1. The minimum atomic E-state index is -0.529. The highest BCUT2D eigenvalue weighted by Crippen LogP contribution is 2.27. The first-order chi connectivity index (χ1) is 11.9. The second-order valence-corrected chi connectivity index (χ2v) is 6.28. The van der Waals surface area contributed by atoms with Crippen LogP contribution < -0.4 is 5.32 Å². The van der Waals surface area contributed by atoms with Crippen molar-refractivity contribution >= 4 is 16.8 Å². The molecule has 3 rings (SSSR count). The van der Waals surface area contributed by atoms with E-state index >= 15 is 0 Å². The minimum absolute atomic E-state index is 0.0698. The van der Waals surface area contributed by atoms with Crippen molar-refractivity contribution in [2.24, 2.45) is 0 Å². The van der Waals surface area contributed by atoms with Crippen molar-refractivity contribution < 1.29 is 13.6 Å². The Morgan fingerprint density at radius 3 is 2.52 bits per heavy atom. The number of amides is 1. The van der Waals surface area contributed by atoms with Gasteiger partial charge in [-0.05, 0) is 56.0 Å². The van der Waals surface area contributed by atoms with Gasteiger partial charge in [0, 0.05) is 17.6 Å². The second kappa shape index (κ2) is 6.67. The average Bonchev–Trinajstić information content (AvgIpc) is 2.89. The summed E-state index contributed by atoms with van der Waals surface area (Å²) in [5.41, 5.74) is 3.98. The zero-order chi connectivity index (χ0) is 18.1. The van der Waals surface area contributed by atoms with Crippen LogP contribution >= 0.6 is 0 Å². The molecule has 3 aromatic rings. The Morgan fingerprint density at radius 2 is 1.80 bits per heavy atom. The van der Waals surface area contributed by atoms with Crippen molar-refractivity contribution in [1.29, 1.82) is 0 Å². The number of carbonyl (C=O) groups is 1. The number of H-pyrrole nitrogens is 1. The summed E-state index contributed by atoms with van der Waals surface area (Å²) in [6.07, 6.45) is 0.537. The van der Waals surface area contributed by atoms with E-state index in [4.69, 9.17) is 0 Å². The monoisotopic (exact) mass is 342 g/mol. The molecule has 5 heteroatoms. The van der Waals surface area contributed by atoms with Crippen LogP contribution in [-0.2, 0) is 6.42 Å². The second-order valence-electron chi connectivity index (χ2n) is 6.28. The van der Waals surface area contributed by atoms with Gasteiger partial charge >= 0.3 is 0 Å². The Balaban J connectivity index is 1.79. The van der Waals surface area contributed by atoms with E-state index in [1.807, 2.05) is 13.8 Å². The molecule has 0 aliphatic heterocycles. The summed E-state index contributed by atoms with van der Waals surface area (Å²) >= 11 is 0. The highest BCUT2D eigenvalue weighted by molar-refractivity contribution is 5.96. The number of hydrogen-bond acceptors (Lipinski definition) is 1. The van der Waals surface area contributed by atoms with Gasteiger partial charge in [0.2, 0.25) is 0 Å². The number of aromatic nitrogens is 1. The summed E-state index contributed by atoms with van der Waals surface area (Å²) in [5.74, 6) is -1.25. The summed E-state index contributed by atoms with van der Waals surface area (Å²) in [5, 5.41) is 3.61. The van der Waals surface area contributed by atoms with Gasteiger partial charge in [0.15, 0.2) is 0 Å². The van der Waals surface area contributed by atoms with E-state index in [1.165, 1.54) is 12.1 Å². The Kier molecular flexibility index (Phi) is 4.57. The molecule has 0 radical (unpaired) electrons. The smallest absolute Gasteiger partial charge is 0.254 e. The summed E-state index contributed by atoms with van der Waals surface area (Å²) in [4.78, 5) is 15.3. The molecule has 1 amide bonds. The van der Waals surface area contributed by atoms with Crippen molar-refractivity contribution in [3.8, 4) is 0 Å². The normalized spacial score (nSPS) is 11.1. The standard InChI is InChI=1S/C20H20F2N2O/c1-11-5-4-6-15(21)18(11)20(25)23-10-9-14-13(3)24-19-16(22)8-7-12(2)17(14)19/h4-8,24H,9-10H2,1-3H3,(H,23,25).